The lowest BCUT2D eigenvalue weighted by atomic mass is 10.1. The minimum absolute atomic E-state index is 0.0860. The number of aryl methyl sites for hydroxylation is 1. The van der Waals surface area contributed by atoms with Crippen LogP contribution in [0.5, 0.6) is 0 Å². The number of nitrogens with one attached hydrogen (secondary N) is 1. The SMILES string of the molecule is CCN(CC)C(=O)Nc1oc(C)c(C(C)=O)c1C(N)=O. The van der Waals surface area contributed by atoms with Crippen LogP contribution in [0.3, 0.4) is 0 Å². The van der Waals surface area contributed by atoms with E-state index in [0.29, 0.717) is 13.1 Å². The lowest BCUT2D eigenvalue weighted by Crippen LogP contribution is -2.35. The second-order valence-electron chi connectivity index (χ2n) is 4.26. The standard InChI is InChI=1S/C13H19N3O4/c1-5-16(6-2)13(19)15-12-10(11(14)18)9(7(3)17)8(4)20-12/h5-6H2,1-4H3,(H2,14,18)(H,15,19). The number of nitrogens with zero attached hydrogens (tertiary/aromatic N) is 1. The van der Waals surface area contributed by atoms with E-state index in [4.69, 9.17) is 10.2 Å². The number of rotatable bonds is 5. The predicted octanol–water partition coefficient (Wildman–Crippen LogP) is 1.76. The number of furan rings is 1. The first-order chi connectivity index (χ1) is 9.33. The number of hydrogen-bond acceptors (Lipinski definition) is 4. The highest BCUT2D eigenvalue weighted by molar-refractivity contribution is 6.11. The molecule has 0 saturated heterocycles. The molecule has 1 aromatic rings. The maximum atomic E-state index is 12.0. The van der Waals surface area contributed by atoms with Crippen molar-refractivity contribution in [1.82, 2.24) is 4.90 Å². The molecule has 0 aromatic carbocycles. The van der Waals surface area contributed by atoms with E-state index in [9.17, 15) is 14.4 Å². The van der Waals surface area contributed by atoms with Gasteiger partial charge in [0.15, 0.2) is 5.78 Å². The zero-order chi connectivity index (χ0) is 15.4. The van der Waals surface area contributed by atoms with Crippen molar-refractivity contribution in [2.75, 3.05) is 18.4 Å². The molecular weight excluding hydrogens is 262 g/mol. The zero-order valence-electron chi connectivity index (χ0n) is 12.1. The lowest BCUT2D eigenvalue weighted by molar-refractivity contribution is 0.0974. The summed E-state index contributed by atoms with van der Waals surface area (Å²) < 4.78 is 5.30. The van der Waals surface area contributed by atoms with Gasteiger partial charge in [0.05, 0.1) is 5.56 Å². The summed E-state index contributed by atoms with van der Waals surface area (Å²) in [6, 6.07) is -0.415. The summed E-state index contributed by atoms with van der Waals surface area (Å²) in [6.45, 7) is 7.51. The molecule has 0 bridgehead atoms. The van der Waals surface area contributed by atoms with Crippen molar-refractivity contribution in [1.29, 1.82) is 0 Å². The number of anilines is 1. The first-order valence-corrected chi connectivity index (χ1v) is 6.33. The molecule has 0 unspecified atom stereocenters. The monoisotopic (exact) mass is 281 g/mol. The molecule has 0 aliphatic heterocycles. The average molecular weight is 281 g/mol. The van der Waals surface area contributed by atoms with Gasteiger partial charge in [-0.2, -0.15) is 0 Å². The van der Waals surface area contributed by atoms with E-state index in [1.807, 2.05) is 13.8 Å². The Morgan fingerprint density at radius 3 is 2.15 bits per heavy atom. The van der Waals surface area contributed by atoms with Crippen molar-refractivity contribution in [3.63, 3.8) is 0 Å². The maximum Gasteiger partial charge on any atom is 0.324 e. The number of carbonyl (C=O) groups is 3. The van der Waals surface area contributed by atoms with Gasteiger partial charge in [-0.3, -0.25) is 14.9 Å². The van der Waals surface area contributed by atoms with E-state index in [0.717, 1.165) is 0 Å². The number of primary amides is 1. The van der Waals surface area contributed by atoms with Gasteiger partial charge in [0.1, 0.15) is 11.3 Å². The fraction of sp³-hybridized carbons (Fsp3) is 0.462. The number of ketones is 1. The topological polar surface area (TPSA) is 106 Å². The quantitative estimate of drug-likeness (QED) is 0.802. The fourth-order valence-corrected chi connectivity index (χ4v) is 1.98. The maximum absolute atomic E-state index is 12.0. The number of amides is 3. The molecule has 3 amide bonds. The molecule has 0 atom stereocenters. The van der Waals surface area contributed by atoms with Crippen LogP contribution in [-0.4, -0.2) is 35.7 Å². The highest BCUT2D eigenvalue weighted by atomic mass is 16.4. The van der Waals surface area contributed by atoms with Gasteiger partial charge in [-0.15, -0.1) is 0 Å². The minimum atomic E-state index is -0.818. The minimum Gasteiger partial charge on any atom is -0.444 e. The molecular formula is C13H19N3O4. The van der Waals surface area contributed by atoms with Crippen LogP contribution in [0.4, 0.5) is 10.7 Å². The number of carbonyl (C=O) groups excluding carboxylic acids is 3. The Hall–Kier alpha value is -2.31. The molecule has 0 spiro atoms. The fourth-order valence-electron chi connectivity index (χ4n) is 1.98. The van der Waals surface area contributed by atoms with E-state index in [1.54, 1.807) is 0 Å². The third-order valence-electron chi connectivity index (χ3n) is 2.95. The van der Waals surface area contributed by atoms with Crippen LogP contribution in [0.25, 0.3) is 0 Å². The Labute approximate surface area is 117 Å². The molecule has 0 fully saturated rings. The smallest absolute Gasteiger partial charge is 0.324 e. The van der Waals surface area contributed by atoms with Crippen LogP contribution >= 0.6 is 0 Å². The van der Waals surface area contributed by atoms with Gasteiger partial charge in [-0.25, -0.2) is 4.79 Å². The molecule has 1 rings (SSSR count). The summed E-state index contributed by atoms with van der Waals surface area (Å²) in [5.41, 5.74) is 5.28. The number of urea groups is 1. The Morgan fingerprint density at radius 2 is 1.75 bits per heavy atom. The van der Waals surface area contributed by atoms with Crippen molar-refractivity contribution >= 4 is 23.6 Å². The van der Waals surface area contributed by atoms with Gasteiger partial charge in [0.25, 0.3) is 5.91 Å². The normalized spacial score (nSPS) is 10.2. The molecule has 7 heteroatoms. The number of nitrogens with two attached hydrogens (primary N) is 1. The summed E-state index contributed by atoms with van der Waals surface area (Å²) in [5.74, 6) is -0.997. The second kappa shape index (κ2) is 6.23. The average Bonchev–Trinajstić information content (AvgIpc) is 2.67. The van der Waals surface area contributed by atoms with Gasteiger partial charge in [-0.05, 0) is 27.7 Å². The molecule has 0 saturated carbocycles. The molecule has 1 heterocycles. The second-order valence-corrected chi connectivity index (χ2v) is 4.26. The van der Waals surface area contributed by atoms with Gasteiger partial charge in [0, 0.05) is 13.1 Å². The highest BCUT2D eigenvalue weighted by Gasteiger charge is 2.26. The van der Waals surface area contributed by atoms with Crippen molar-refractivity contribution in [3.8, 4) is 0 Å². The van der Waals surface area contributed by atoms with Crippen LogP contribution in [0.15, 0.2) is 4.42 Å². The Morgan fingerprint density at radius 1 is 1.20 bits per heavy atom. The Bertz CT molecular complexity index is 544. The van der Waals surface area contributed by atoms with Crippen molar-refractivity contribution in [2.45, 2.75) is 27.7 Å². The summed E-state index contributed by atoms with van der Waals surface area (Å²) >= 11 is 0. The van der Waals surface area contributed by atoms with E-state index in [2.05, 4.69) is 5.32 Å². The van der Waals surface area contributed by atoms with Crippen LogP contribution < -0.4 is 11.1 Å². The van der Waals surface area contributed by atoms with Crippen molar-refractivity contribution in [3.05, 3.63) is 16.9 Å². The molecule has 20 heavy (non-hydrogen) atoms. The Balaban J connectivity index is 3.20. The van der Waals surface area contributed by atoms with E-state index < -0.39 is 11.9 Å². The molecule has 7 nitrogen and oxygen atoms in total. The third-order valence-corrected chi connectivity index (χ3v) is 2.95. The summed E-state index contributed by atoms with van der Waals surface area (Å²) in [5, 5.41) is 2.48. The van der Waals surface area contributed by atoms with Crippen LogP contribution in [0.1, 0.15) is 47.2 Å². The van der Waals surface area contributed by atoms with E-state index in [-0.39, 0.29) is 28.6 Å². The molecule has 0 radical (unpaired) electrons. The number of hydrogen-bond donors (Lipinski definition) is 2. The predicted molar refractivity (Wildman–Crippen MR) is 73.9 cm³/mol. The number of Topliss-reactive ketones (excluding diaryl/α,β-unsaturated/α-hetero) is 1. The van der Waals surface area contributed by atoms with E-state index in [1.165, 1.54) is 18.7 Å². The van der Waals surface area contributed by atoms with Crippen molar-refractivity contribution in [2.24, 2.45) is 5.73 Å². The first kappa shape index (κ1) is 15.7. The van der Waals surface area contributed by atoms with Gasteiger partial charge in [-0.1, -0.05) is 0 Å². The Kier molecular flexibility index (Phi) is 4.90. The zero-order valence-corrected chi connectivity index (χ0v) is 12.1. The first-order valence-electron chi connectivity index (χ1n) is 6.33. The molecule has 110 valence electrons. The summed E-state index contributed by atoms with van der Waals surface area (Å²) in [6.07, 6.45) is 0. The molecule has 3 N–H and O–H groups in total. The van der Waals surface area contributed by atoms with E-state index >= 15 is 0 Å². The van der Waals surface area contributed by atoms with Crippen molar-refractivity contribution < 1.29 is 18.8 Å². The van der Waals surface area contributed by atoms with Gasteiger partial charge in [0.2, 0.25) is 5.88 Å². The summed E-state index contributed by atoms with van der Waals surface area (Å²) in [4.78, 5) is 36.5. The molecule has 1 aromatic heterocycles. The van der Waals surface area contributed by atoms with Crippen LogP contribution in [0.2, 0.25) is 0 Å². The highest BCUT2D eigenvalue weighted by Crippen LogP contribution is 2.27. The lowest BCUT2D eigenvalue weighted by Gasteiger charge is -2.18. The van der Waals surface area contributed by atoms with Gasteiger partial charge < -0.3 is 15.1 Å². The van der Waals surface area contributed by atoms with Crippen LogP contribution in [0, 0.1) is 6.92 Å². The largest absolute Gasteiger partial charge is 0.444 e. The third kappa shape index (κ3) is 2.98. The molecule has 0 aliphatic rings. The van der Waals surface area contributed by atoms with Crippen LogP contribution in [-0.2, 0) is 0 Å². The summed E-state index contributed by atoms with van der Waals surface area (Å²) in [7, 11) is 0. The van der Waals surface area contributed by atoms with Gasteiger partial charge >= 0.3 is 6.03 Å². The molecule has 0 aliphatic carbocycles.